The molecule has 0 aromatic carbocycles. The zero-order chi connectivity index (χ0) is 25.5. The van der Waals surface area contributed by atoms with E-state index in [4.69, 9.17) is 4.52 Å². The van der Waals surface area contributed by atoms with Gasteiger partial charge in [-0.25, -0.2) is 0 Å². The minimum atomic E-state index is -0.906. The molecule has 0 aliphatic heterocycles. The number of carbonyl (C=O) groups is 3. The van der Waals surface area contributed by atoms with E-state index >= 15 is 0 Å². The maximum absolute atomic E-state index is 14.1. The van der Waals surface area contributed by atoms with Crippen LogP contribution in [-0.4, -0.2) is 39.4 Å². The Hall–Kier alpha value is -2.68. The summed E-state index contributed by atoms with van der Waals surface area (Å²) in [5, 5.41) is 11.8. The third-order valence-electron chi connectivity index (χ3n) is 7.73. The van der Waals surface area contributed by atoms with Gasteiger partial charge in [-0.2, -0.15) is 0 Å². The topological polar surface area (TPSA) is 105 Å². The zero-order valence-electron chi connectivity index (χ0n) is 21.4. The van der Waals surface area contributed by atoms with E-state index in [2.05, 4.69) is 22.7 Å². The fraction of sp³-hybridized carbons (Fsp3) is 0.630. The predicted octanol–water partition coefficient (Wildman–Crippen LogP) is 5.19. The minimum Gasteiger partial charge on any atom is -0.360 e. The van der Waals surface area contributed by atoms with Crippen molar-refractivity contribution in [3.63, 3.8) is 0 Å². The van der Waals surface area contributed by atoms with Gasteiger partial charge in [0.2, 0.25) is 17.7 Å². The van der Waals surface area contributed by atoms with Gasteiger partial charge in [0.25, 0.3) is 0 Å². The minimum absolute atomic E-state index is 0.0143. The lowest BCUT2D eigenvalue weighted by Gasteiger charge is -2.49. The second-order valence-electron chi connectivity index (χ2n) is 10.3. The van der Waals surface area contributed by atoms with E-state index in [-0.39, 0.29) is 42.5 Å². The number of thiophene rings is 1. The van der Waals surface area contributed by atoms with Crippen molar-refractivity contribution in [2.75, 3.05) is 5.32 Å². The Bertz CT molecular complexity index is 1030. The summed E-state index contributed by atoms with van der Waals surface area (Å²) in [5.74, 6) is 0.484. The quantitative estimate of drug-likeness (QED) is 0.479. The van der Waals surface area contributed by atoms with E-state index in [1.165, 1.54) is 6.42 Å². The smallest absolute Gasteiger partial charge is 0.246 e. The molecule has 2 heterocycles. The van der Waals surface area contributed by atoms with Crippen molar-refractivity contribution < 1.29 is 18.9 Å². The number of hydrogen-bond acceptors (Lipinski definition) is 6. The number of hydrogen-bond donors (Lipinski definition) is 2. The van der Waals surface area contributed by atoms with Crippen molar-refractivity contribution in [2.45, 2.75) is 103 Å². The van der Waals surface area contributed by atoms with Crippen LogP contribution in [0.1, 0.15) is 88.2 Å². The Morgan fingerprint density at radius 2 is 1.92 bits per heavy atom. The van der Waals surface area contributed by atoms with Crippen LogP contribution in [0, 0.1) is 12.8 Å². The van der Waals surface area contributed by atoms with Gasteiger partial charge in [-0.3, -0.25) is 14.4 Å². The van der Waals surface area contributed by atoms with E-state index in [0.29, 0.717) is 24.5 Å². The highest BCUT2D eigenvalue weighted by molar-refractivity contribution is 7.09. The van der Waals surface area contributed by atoms with Crippen molar-refractivity contribution in [3.8, 4) is 0 Å². The van der Waals surface area contributed by atoms with Gasteiger partial charge in [0.1, 0.15) is 11.3 Å². The van der Waals surface area contributed by atoms with Gasteiger partial charge in [0, 0.05) is 29.8 Å². The maximum Gasteiger partial charge on any atom is 0.246 e. The molecule has 36 heavy (non-hydrogen) atoms. The van der Waals surface area contributed by atoms with E-state index in [1.54, 1.807) is 29.2 Å². The Balaban J connectivity index is 1.54. The van der Waals surface area contributed by atoms with Crippen LogP contribution in [0.2, 0.25) is 0 Å². The van der Waals surface area contributed by atoms with Crippen molar-refractivity contribution in [1.82, 2.24) is 15.4 Å². The van der Waals surface area contributed by atoms with Crippen molar-refractivity contribution in [3.05, 3.63) is 34.2 Å². The second kappa shape index (κ2) is 12.0. The first-order chi connectivity index (χ1) is 17.4. The molecule has 2 saturated carbocycles. The van der Waals surface area contributed by atoms with Gasteiger partial charge < -0.3 is 20.1 Å². The summed E-state index contributed by atoms with van der Waals surface area (Å²) < 4.78 is 5.00. The Kier molecular flexibility index (Phi) is 8.82. The van der Waals surface area contributed by atoms with Gasteiger partial charge in [-0.15, -0.1) is 11.3 Å². The molecule has 2 aliphatic carbocycles. The summed E-state index contributed by atoms with van der Waals surface area (Å²) in [5.41, 5.74) is -0.906. The van der Waals surface area contributed by atoms with Gasteiger partial charge >= 0.3 is 0 Å². The number of nitrogens with zero attached hydrogens (tertiary/aromatic N) is 2. The van der Waals surface area contributed by atoms with E-state index in [9.17, 15) is 14.4 Å². The molecule has 2 aromatic heterocycles. The van der Waals surface area contributed by atoms with E-state index in [1.807, 2.05) is 17.5 Å². The van der Waals surface area contributed by atoms with Gasteiger partial charge in [0.15, 0.2) is 5.82 Å². The average molecular weight is 515 g/mol. The molecule has 2 atom stereocenters. The third kappa shape index (κ3) is 6.17. The molecule has 2 fully saturated rings. The third-order valence-corrected chi connectivity index (χ3v) is 8.59. The first kappa shape index (κ1) is 26.4. The Morgan fingerprint density at radius 1 is 1.14 bits per heavy atom. The fourth-order valence-electron chi connectivity index (χ4n) is 5.74. The van der Waals surface area contributed by atoms with E-state index in [0.717, 1.165) is 49.8 Å². The summed E-state index contributed by atoms with van der Waals surface area (Å²) in [7, 11) is 0. The van der Waals surface area contributed by atoms with Gasteiger partial charge in [-0.1, -0.05) is 50.3 Å². The van der Waals surface area contributed by atoms with Crippen LogP contribution < -0.4 is 10.6 Å². The largest absolute Gasteiger partial charge is 0.360 e. The highest BCUT2D eigenvalue weighted by Crippen LogP contribution is 2.41. The molecule has 0 unspecified atom stereocenters. The summed E-state index contributed by atoms with van der Waals surface area (Å²) >= 11 is 1.58. The lowest BCUT2D eigenvalue weighted by Crippen LogP contribution is -2.65. The number of aromatic nitrogens is 1. The fourth-order valence-corrected chi connectivity index (χ4v) is 6.44. The molecule has 0 spiro atoms. The molecule has 0 bridgehead atoms. The Labute approximate surface area is 217 Å². The standard InChI is InChI=1S/C27H38N4O4S/c1-19-9-6-7-15-27(19,26(34)28-21-10-4-3-5-11-21)31(18-22-12-8-16-36-22)25(33)14-13-24(32)29-23-17-20(2)35-30-23/h8,12,16-17,19,21H,3-7,9-11,13-15,18H2,1-2H3,(H,28,34)(H,29,30,32)/t19-,27-/m0/s1. The molecule has 2 aromatic rings. The van der Waals surface area contributed by atoms with Crippen molar-refractivity contribution in [2.24, 2.45) is 5.92 Å². The molecule has 0 saturated heterocycles. The SMILES string of the molecule is Cc1cc(NC(=O)CCC(=O)N(Cc2cccs2)[C@@]2(C(=O)NC3CCCCC3)CCCC[C@@H]2C)no1. The summed E-state index contributed by atoms with van der Waals surface area (Å²) in [6, 6.07) is 5.78. The van der Waals surface area contributed by atoms with Crippen LogP contribution in [0.5, 0.6) is 0 Å². The van der Waals surface area contributed by atoms with Crippen molar-refractivity contribution >= 4 is 34.9 Å². The van der Waals surface area contributed by atoms with E-state index < -0.39 is 5.54 Å². The lowest BCUT2D eigenvalue weighted by atomic mass is 9.71. The molecular formula is C27H38N4O4S. The number of nitrogens with one attached hydrogen (secondary N) is 2. The number of anilines is 1. The monoisotopic (exact) mass is 514 g/mol. The number of aryl methyl sites for hydroxylation is 1. The molecular weight excluding hydrogens is 476 g/mol. The van der Waals surface area contributed by atoms with Crippen molar-refractivity contribution in [1.29, 1.82) is 0 Å². The normalized spacial score (nSPS) is 22.7. The van der Waals surface area contributed by atoms with Gasteiger partial charge in [0.05, 0.1) is 6.54 Å². The predicted molar refractivity (Wildman–Crippen MR) is 139 cm³/mol. The number of rotatable bonds is 9. The molecule has 0 radical (unpaired) electrons. The number of amides is 3. The highest BCUT2D eigenvalue weighted by atomic mass is 32.1. The van der Waals surface area contributed by atoms with Crippen LogP contribution in [0.3, 0.4) is 0 Å². The first-order valence-corrected chi connectivity index (χ1v) is 14.1. The number of carbonyl (C=O) groups excluding carboxylic acids is 3. The molecule has 196 valence electrons. The van der Waals surface area contributed by atoms with Crippen LogP contribution in [-0.2, 0) is 20.9 Å². The van der Waals surface area contributed by atoms with Crippen LogP contribution >= 0.6 is 11.3 Å². The molecule has 4 rings (SSSR count). The molecule has 2 N–H and O–H groups in total. The molecule has 3 amide bonds. The summed E-state index contributed by atoms with van der Waals surface area (Å²) in [4.78, 5) is 43.2. The molecule has 2 aliphatic rings. The highest BCUT2D eigenvalue weighted by Gasteiger charge is 2.51. The average Bonchev–Trinajstić information content (AvgIpc) is 3.54. The first-order valence-electron chi connectivity index (χ1n) is 13.3. The second-order valence-corrected chi connectivity index (χ2v) is 11.3. The van der Waals surface area contributed by atoms with Gasteiger partial charge in [-0.05, 0) is 50.0 Å². The molecule has 8 nitrogen and oxygen atoms in total. The van der Waals surface area contributed by atoms with Crippen LogP contribution in [0.4, 0.5) is 5.82 Å². The maximum atomic E-state index is 14.1. The Morgan fingerprint density at radius 3 is 2.58 bits per heavy atom. The summed E-state index contributed by atoms with van der Waals surface area (Å²) in [6.45, 7) is 4.23. The lowest BCUT2D eigenvalue weighted by molar-refractivity contribution is -0.156. The zero-order valence-corrected chi connectivity index (χ0v) is 22.2. The van der Waals surface area contributed by atoms with Crippen LogP contribution in [0.25, 0.3) is 0 Å². The van der Waals surface area contributed by atoms with Crippen LogP contribution in [0.15, 0.2) is 28.1 Å². The molecule has 9 heteroatoms. The summed E-state index contributed by atoms with van der Waals surface area (Å²) in [6.07, 6.45) is 9.02.